The van der Waals surface area contributed by atoms with Gasteiger partial charge in [0, 0.05) is 6.04 Å². The van der Waals surface area contributed by atoms with Crippen LogP contribution < -0.4 is 10.6 Å². The number of hydrogen-bond donors (Lipinski definition) is 3. The second kappa shape index (κ2) is 7.44. The van der Waals surface area contributed by atoms with Crippen LogP contribution in [0.15, 0.2) is 5.16 Å². The van der Waals surface area contributed by atoms with Crippen LogP contribution >= 0.6 is 11.8 Å². The van der Waals surface area contributed by atoms with Gasteiger partial charge in [0.15, 0.2) is 0 Å². The third-order valence-corrected chi connectivity index (χ3v) is 4.37. The highest BCUT2D eigenvalue weighted by molar-refractivity contribution is 8.00. The second-order valence-electron chi connectivity index (χ2n) is 5.26. The molecule has 1 heterocycles. The summed E-state index contributed by atoms with van der Waals surface area (Å²) < 4.78 is 0. The number of aromatic amines is 1. The first kappa shape index (κ1) is 15.8. The van der Waals surface area contributed by atoms with Crippen LogP contribution in [-0.2, 0) is 4.79 Å². The number of carbonyl (C=O) groups excluding carboxylic acids is 2. The summed E-state index contributed by atoms with van der Waals surface area (Å²) in [5.74, 6) is 0.357. The number of thioether (sulfide) groups is 1. The molecule has 1 aromatic heterocycles. The number of aryl methyl sites for hydroxylation is 1. The Morgan fingerprint density at radius 3 is 2.67 bits per heavy atom. The van der Waals surface area contributed by atoms with E-state index in [4.69, 9.17) is 0 Å². The van der Waals surface area contributed by atoms with Crippen molar-refractivity contribution in [3.8, 4) is 0 Å². The monoisotopic (exact) mass is 311 g/mol. The molecule has 0 radical (unpaired) electrons. The van der Waals surface area contributed by atoms with Gasteiger partial charge in [0.05, 0.1) is 5.25 Å². The third kappa shape index (κ3) is 5.04. The molecule has 0 spiro atoms. The highest BCUT2D eigenvalue weighted by atomic mass is 32.2. The molecular weight excluding hydrogens is 290 g/mol. The fourth-order valence-electron chi connectivity index (χ4n) is 2.27. The summed E-state index contributed by atoms with van der Waals surface area (Å²) in [4.78, 5) is 27.9. The summed E-state index contributed by atoms with van der Waals surface area (Å²) in [6.07, 6.45) is 5.47. The van der Waals surface area contributed by atoms with E-state index in [0.717, 1.165) is 25.7 Å². The van der Waals surface area contributed by atoms with Gasteiger partial charge in [-0.2, -0.15) is 0 Å². The number of carbonyl (C=O) groups is 2. The molecule has 0 saturated heterocycles. The van der Waals surface area contributed by atoms with Gasteiger partial charge < -0.3 is 5.32 Å². The Bertz CT molecular complexity index is 499. The minimum Gasteiger partial charge on any atom is -0.335 e. The van der Waals surface area contributed by atoms with E-state index in [2.05, 4.69) is 25.8 Å². The SMILES string of the molecule is Cc1nc(SC(C)C(=O)NC(=O)NC2CCCCC2)n[nH]1. The Balaban J connectivity index is 1.75. The van der Waals surface area contributed by atoms with Crippen molar-refractivity contribution in [1.29, 1.82) is 0 Å². The van der Waals surface area contributed by atoms with Crippen molar-refractivity contribution in [2.45, 2.75) is 62.4 Å². The molecular formula is C13H21N5O2S. The highest BCUT2D eigenvalue weighted by Crippen LogP contribution is 2.19. The molecule has 7 nitrogen and oxygen atoms in total. The lowest BCUT2D eigenvalue weighted by Crippen LogP contribution is -2.47. The summed E-state index contributed by atoms with van der Waals surface area (Å²) in [6, 6.07) is -0.226. The van der Waals surface area contributed by atoms with Gasteiger partial charge in [0.25, 0.3) is 0 Å². The molecule has 1 unspecified atom stereocenters. The molecule has 8 heteroatoms. The van der Waals surface area contributed by atoms with Gasteiger partial charge in [-0.15, -0.1) is 5.10 Å². The Labute approximate surface area is 128 Å². The number of nitrogens with zero attached hydrogens (tertiary/aromatic N) is 2. The lowest BCUT2D eigenvalue weighted by atomic mass is 9.96. The fourth-order valence-corrected chi connectivity index (χ4v) is 3.04. The quantitative estimate of drug-likeness (QED) is 0.736. The lowest BCUT2D eigenvalue weighted by Gasteiger charge is -2.22. The van der Waals surface area contributed by atoms with Gasteiger partial charge in [-0.05, 0) is 26.7 Å². The molecule has 1 aliphatic carbocycles. The number of aromatic nitrogens is 3. The van der Waals surface area contributed by atoms with Gasteiger partial charge in [-0.25, -0.2) is 9.78 Å². The summed E-state index contributed by atoms with van der Waals surface area (Å²) >= 11 is 1.22. The predicted molar refractivity (Wildman–Crippen MR) is 80.0 cm³/mol. The van der Waals surface area contributed by atoms with E-state index in [1.54, 1.807) is 13.8 Å². The van der Waals surface area contributed by atoms with Crippen molar-refractivity contribution in [2.24, 2.45) is 0 Å². The number of nitrogens with one attached hydrogen (secondary N) is 3. The topological polar surface area (TPSA) is 99.8 Å². The molecule has 1 saturated carbocycles. The molecule has 21 heavy (non-hydrogen) atoms. The highest BCUT2D eigenvalue weighted by Gasteiger charge is 2.21. The zero-order valence-corrected chi connectivity index (χ0v) is 13.1. The average molecular weight is 311 g/mol. The first-order valence-electron chi connectivity index (χ1n) is 7.21. The molecule has 1 aromatic rings. The average Bonchev–Trinajstić information content (AvgIpc) is 2.85. The van der Waals surface area contributed by atoms with E-state index in [0.29, 0.717) is 11.0 Å². The maximum Gasteiger partial charge on any atom is 0.321 e. The fraction of sp³-hybridized carbons (Fsp3) is 0.692. The number of hydrogen-bond acceptors (Lipinski definition) is 5. The minimum atomic E-state index is -0.433. The largest absolute Gasteiger partial charge is 0.335 e. The van der Waals surface area contributed by atoms with Crippen molar-refractivity contribution >= 4 is 23.7 Å². The van der Waals surface area contributed by atoms with Crippen molar-refractivity contribution in [3.63, 3.8) is 0 Å². The van der Waals surface area contributed by atoms with Crippen LogP contribution in [0.3, 0.4) is 0 Å². The van der Waals surface area contributed by atoms with E-state index in [1.165, 1.54) is 18.2 Å². The zero-order chi connectivity index (χ0) is 15.2. The molecule has 1 fully saturated rings. The van der Waals surface area contributed by atoms with Gasteiger partial charge in [-0.1, -0.05) is 31.0 Å². The molecule has 3 amide bonds. The van der Waals surface area contributed by atoms with Crippen molar-refractivity contribution in [2.75, 3.05) is 0 Å². The molecule has 0 bridgehead atoms. The van der Waals surface area contributed by atoms with Gasteiger partial charge in [0.2, 0.25) is 11.1 Å². The maximum absolute atomic E-state index is 11.9. The Morgan fingerprint density at radius 1 is 1.33 bits per heavy atom. The molecule has 1 atom stereocenters. The summed E-state index contributed by atoms with van der Waals surface area (Å²) in [5, 5.41) is 12.0. The predicted octanol–water partition coefficient (Wildman–Crippen LogP) is 1.75. The molecule has 0 aliphatic heterocycles. The third-order valence-electron chi connectivity index (χ3n) is 3.41. The van der Waals surface area contributed by atoms with Crippen molar-refractivity contribution in [1.82, 2.24) is 25.8 Å². The zero-order valence-electron chi connectivity index (χ0n) is 12.3. The van der Waals surface area contributed by atoms with E-state index in [9.17, 15) is 9.59 Å². The van der Waals surface area contributed by atoms with E-state index in [-0.39, 0.29) is 11.9 Å². The Kier molecular flexibility index (Phi) is 5.60. The van der Waals surface area contributed by atoms with Crippen LogP contribution in [-0.4, -0.2) is 38.4 Å². The van der Waals surface area contributed by atoms with Gasteiger partial charge in [-0.3, -0.25) is 15.2 Å². The molecule has 1 aliphatic rings. The number of urea groups is 1. The summed E-state index contributed by atoms with van der Waals surface area (Å²) in [6.45, 7) is 3.51. The summed E-state index contributed by atoms with van der Waals surface area (Å²) in [7, 11) is 0. The Morgan fingerprint density at radius 2 is 2.05 bits per heavy atom. The van der Waals surface area contributed by atoms with Crippen LogP contribution in [0.5, 0.6) is 0 Å². The number of H-pyrrole nitrogens is 1. The van der Waals surface area contributed by atoms with Crippen LogP contribution in [0.2, 0.25) is 0 Å². The van der Waals surface area contributed by atoms with E-state index in [1.807, 2.05) is 0 Å². The smallest absolute Gasteiger partial charge is 0.321 e. The first-order valence-corrected chi connectivity index (χ1v) is 8.09. The van der Waals surface area contributed by atoms with Crippen molar-refractivity contribution < 1.29 is 9.59 Å². The van der Waals surface area contributed by atoms with E-state index < -0.39 is 11.3 Å². The van der Waals surface area contributed by atoms with Crippen LogP contribution in [0, 0.1) is 6.92 Å². The first-order chi connectivity index (χ1) is 10.0. The van der Waals surface area contributed by atoms with Gasteiger partial charge in [0.1, 0.15) is 5.82 Å². The standard InChI is InChI=1S/C13H21N5O2S/c1-8(21-13-14-9(2)17-18-13)11(19)16-12(20)15-10-6-4-3-5-7-10/h8,10H,3-7H2,1-2H3,(H,14,17,18)(H2,15,16,19,20). The number of rotatable bonds is 4. The maximum atomic E-state index is 11.9. The lowest BCUT2D eigenvalue weighted by molar-refractivity contribution is -0.119. The number of imide groups is 1. The van der Waals surface area contributed by atoms with Crippen LogP contribution in [0.4, 0.5) is 4.79 Å². The molecule has 3 N–H and O–H groups in total. The molecule has 116 valence electrons. The second-order valence-corrected chi connectivity index (χ2v) is 6.57. The number of amides is 3. The van der Waals surface area contributed by atoms with E-state index >= 15 is 0 Å². The Hall–Kier alpha value is -1.57. The molecule has 0 aromatic carbocycles. The van der Waals surface area contributed by atoms with Gasteiger partial charge >= 0.3 is 6.03 Å². The summed E-state index contributed by atoms with van der Waals surface area (Å²) in [5.41, 5.74) is 0. The van der Waals surface area contributed by atoms with Crippen LogP contribution in [0.25, 0.3) is 0 Å². The van der Waals surface area contributed by atoms with Crippen LogP contribution in [0.1, 0.15) is 44.9 Å². The minimum absolute atomic E-state index is 0.185. The normalized spacial score (nSPS) is 17.2. The molecule has 2 rings (SSSR count). The van der Waals surface area contributed by atoms with Crippen molar-refractivity contribution in [3.05, 3.63) is 5.82 Å².